The summed E-state index contributed by atoms with van der Waals surface area (Å²) in [5.41, 5.74) is 5.73. The molecule has 3 aromatic carbocycles. The van der Waals surface area contributed by atoms with Crippen LogP contribution in [0.3, 0.4) is 0 Å². The van der Waals surface area contributed by atoms with Crippen LogP contribution in [0.5, 0.6) is 5.75 Å². The molecular weight excluding hydrogens is 410 g/mol. The first-order chi connectivity index (χ1) is 16.1. The third-order valence-electron chi connectivity index (χ3n) is 6.28. The van der Waals surface area contributed by atoms with Gasteiger partial charge in [0.05, 0.1) is 18.2 Å². The highest BCUT2D eigenvalue weighted by atomic mass is 16.5. The Labute approximate surface area is 197 Å². The van der Waals surface area contributed by atoms with Crippen LogP contribution in [0.1, 0.15) is 40.0 Å². The summed E-state index contributed by atoms with van der Waals surface area (Å²) in [7, 11) is 4.09. The standard InChI is InChI=1S/C28H33N3O2/c1-4-33-27-12-8-7-11-25(27)28(32)29-19-26(22-13-15-24(16-14-22)30(2)3)31-18-17-21-9-5-6-10-23(21)20-31/h5-16,26H,4,17-20H2,1-3H3,(H,29,32). The fourth-order valence-electron chi connectivity index (χ4n) is 4.46. The first kappa shape index (κ1) is 22.9. The summed E-state index contributed by atoms with van der Waals surface area (Å²) in [5, 5.41) is 3.18. The summed E-state index contributed by atoms with van der Waals surface area (Å²) in [5.74, 6) is 0.516. The van der Waals surface area contributed by atoms with Crippen LogP contribution >= 0.6 is 0 Å². The van der Waals surface area contributed by atoms with E-state index < -0.39 is 0 Å². The summed E-state index contributed by atoms with van der Waals surface area (Å²) < 4.78 is 5.66. The molecule has 0 aromatic heterocycles. The number of ether oxygens (including phenoxy) is 1. The predicted octanol–water partition coefficient (Wildman–Crippen LogP) is 4.68. The SMILES string of the molecule is CCOc1ccccc1C(=O)NCC(c1ccc(N(C)C)cc1)N1CCc2ccccc2C1. The van der Waals surface area contributed by atoms with Crippen LogP contribution in [0.2, 0.25) is 0 Å². The predicted molar refractivity (Wildman–Crippen MR) is 134 cm³/mol. The third-order valence-corrected chi connectivity index (χ3v) is 6.28. The van der Waals surface area contributed by atoms with Crippen LogP contribution in [0.25, 0.3) is 0 Å². The van der Waals surface area contributed by atoms with Gasteiger partial charge in [0.15, 0.2) is 0 Å². The van der Waals surface area contributed by atoms with Gasteiger partial charge in [-0.3, -0.25) is 9.69 Å². The molecule has 5 nitrogen and oxygen atoms in total. The van der Waals surface area contributed by atoms with Crippen molar-refractivity contribution in [3.8, 4) is 5.75 Å². The summed E-state index contributed by atoms with van der Waals surface area (Å²) in [6, 6.07) is 24.8. The molecule has 1 aliphatic rings. The number of anilines is 1. The molecule has 1 atom stereocenters. The molecule has 0 saturated heterocycles. The van der Waals surface area contributed by atoms with Gasteiger partial charge in [0.1, 0.15) is 5.75 Å². The molecule has 0 bridgehead atoms. The number of amides is 1. The molecule has 4 rings (SSSR count). The molecule has 1 aliphatic heterocycles. The van der Waals surface area contributed by atoms with Crippen LogP contribution in [-0.2, 0) is 13.0 Å². The highest BCUT2D eigenvalue weighted by Crippen LogP contribution is 2.29. The number of carbonyl (C=O) groups is 1. The quantitative estimate of drug-likeness (QED) is 0.549. The number of carbonyl (C=O) groups excluding carboxylic acids is 1. The van der Waals surface area contributed by atoms with E-state index in [2.05, 4.69) is 63.6 Å². The van der Waals surface area contributed by atoms with E-state index in [1.807, 2.05) is 45.3 Å². The van der Waals surface area contributed by atoms with Crippen LogP contribution < -0.4 is 15.0 Å². The molecule has 0 radical (unpaired) electrons. The fraction of sp³-hybridized carbons (Fsp3) is 0.321. The first-order valence-electron chi connectivity index (χ1n) is 11.6. The fourth-order valence-corrected chi connectivity index (χ4v) is 4.46. The number of hydrogen-bond donors (Lipinski definition) is 1. The van der Waals surface area contributed by atoms with Crippen molar-refractivity contribution in [1.82, 2.24) is 10.2 Å². The number of para-hydroxylation sites is 1. The van der Waals surface area contributed by atoms with Crippen molar-refractivity contribution >= 4 is 11.6 Å². The lowest BCUT2D eigenvalue weighted by molar-refractivity contribution is 0.0924. The minimum absolute atomic E-state index is 0.0813. The van der Waals surface area contributed by atoms with Crippen molar-refractivity contribution in [3.05, 3.63) is 95.1 Å². The summed E-state index contributed by atoms with van der Waals surface area (Å²) in [6.45, 7) is 4.82. The molecule has 1 heterocycles. The Hall–Kier alpha value is -3.31. The lowest BCUT2D eigenvalue weighted by Gasteiger charge is -2.36. The number of nitrogens with zero attached hydrogens (tertiary/aromatic N) is 2. The maximum atomic E-state index is 13.1. The van der Waals surface area contributed by atoms with Crippen molar-refractivity contribution in [2.45, 2.75) is 25.9 Å². The zero-order chi connectivity index (χ0) is 23.2. The van der Waals surface area contributed by atoms with Gasteiger partial charge in [-0.2, -0.15) is 0 Å². The van der Waals surface area contributed by atoms with E-state index in [1.165, 1.54) is 16.7 Å². The van der Waals surface area contributed by atoms with E-state index in [4.69, 9.17) is 4.74 Å². The second kappa shape index (κ2) is 10.5. The van der Waals surface area contributed by atoms with Crippen LogP contribution in [0, 0.1) is 0 Å². The molecule has 3 aromatic rings. The van der Waals surface area contributed by atoms with E-state index in [0.29, 0.717) is 24.5 Å². The lowest BCUT2D eigenvalue weighted by Crippen LogP contribution is -2.40. The minimum Gasteiger partial charge on any atom is -0.493 e. The smallest absolute Gasteiger partial charge is 0.255 e. The highest BCUT2D eigenvalue weighted by Gasteiger charge is 2.26. The van der Waals surface area contributed by atoms with Crippen molar-refractivity contribution < 1.29 is 9.53 Å². The highest BCUT2D eigenvalue weighted by molar-refractivity contribution is 5.96. The Morgan fingerprint density at radius 3 is 2.42 bits per heavy atom. The van der Waals surface area contributed by atoms with Gasteiger partial charge in [0.25, 0.3) is 5.91 Å². The second-order valence-electron chi connectivity index (χ2n) is 8.63. The van der Waals surface area contributed by atoms with Gasteiger partial charge in [-0.25, -0.2) is 0 Å². The van der Waals surface area contributed by atoms with Crippen LogP contribution in [-0.4, -0.2) is 44.6 Å². The van der Waals surface area contributed by atoms with Gasteiger partial charge in [-0.15, -0.1) is 0 Å². The molecule has 1 N–H and O–H groups in total. The van der Waals surface area contributed by atoms with Gasteiger partial charge in [-0.05, 0) is 54.3 Å². The molecule has 0 aliphatic carbocycles. The topological polar surface area (TPSA) is 44.8 Å². The molecule has 1 unspecified atom stereocenters. The van der Waals surface area contributed by atoms with Gasteiger partial charge < -0.3 is 15.0 Å². The van der Waals surface area contributed by atoms with Crippen molar-refractivity contribution in [3.63, 3.8) is 0 Å². The summed E-state index contributed by atoms with van der Waals surface area (Å²) >= 11 is 0. The number of hydrogen-bond acceptors (Lipinski definition) is 4. The second-order valence-corrected chi connectivity index (χ2v) is 8.63. The third kappa shape index (κ3) is 5.37. The monoisotopic (exact) mass is 443 g/mol. The largest absolute Gasteiger partial charge is 0.493 e. The molecule has 0 saturated carbocycles. The maximum absolute atomic E-state index is 13.1. The number of nitrogens with one attached hydrogen (secondary N) is 1. The molecule has 0 fully saturated rings. The summed E-state index contributed by atoms with van der Waals surface area (Å²) in [6.07, 6.45) is 1.02. The van der Waals surface area contributed by atoms with E-state index in [-0.39, 0.29) is 11.9 Å². The number of fused-ring (bicyclic) bond motifs is 1. The Balaban J connectivity index is 1.56. The Bertz CT molecular complexity index is 1080. The zero-order valence-corrected chi connectivity index (χ0v) is 19.8. The van der Waals surface area contributed by atoms with Crippen molar-refractivity contribution in [2.75, 3.05) is 38.7 Å². The van der Waals surface area contributed by atoms with Crippen molar-refractivity contribution in [1.29, 1.82) is 0 Å². The summed E-state index contributed by atoms with van der Waals surface area (Å²) in [4.78, 5) is 17.7. The number of benzene rings is 3. The average molecular weight is 444 g/mol. The van der Waals surface area contributed by atoms with Crippen LogP contribution in [0.4, 0.5) is 5.69 Å². The van der Waals surface area contributed by atoms with Gasteiger partial charge in [-0.1, -0.05) is 48.5 Å². The average Bonchev–Trinajstić information content (AvgIpc) is 2.85. The molecule has 5 heteroatoms. The van der Waals surface area contributed by atoms with Gasteiger partial charge in [0.2, 0.25) is 0 Å². The van der Waals surface area contributed by atoms with E-state index in [0.717, 1.165) is 25.2 Å². The molecule has 0 spiro atoms. The Morgan fingerprint density at radius 2 is 1.70 bits per heavy atom. The molecule has 1 amide bonds. The van der Waals surface area contributed by atoms with E-state index in [1.54, 1.807) is 0 Å². The molecule has 33 heavy (non-hydrogen) atoms. The lowest BCUT2D eigenvalue weighted by atomic mass is 9.96. The normalized spacial score (nSPS) is 14.3. The van der Waals surface area contributed by atoms with Crippen molar-refractivity contribution in [2.24, 2.45) is 0 Å². The van der Waals surface area contributed by atoms with Gasteiger partial charge in [0, 0.05) is 39.4 Å². The molecular formula is C28H33N3O2. The van der Waals surface area contributed by atoms with Crippen LogP contribution in [0.15, 0.2) is 72.8 Å². The zero-order valence-electron chi connectivity index (χ0n) is 19.8. The first-order valence-corrected chi connectivity index (χ1v) is 11.6. The molecule has 172 valence electrons. The maximum Gasteiger partial charge on any atom is 0.255 e. The Kier molecular flexibility index (Phi) is 7.30. The number of rotatable bonds is 8. The van der Waals surface area contributed by atoms with E-state index in [9.17, 15) is 4.79 Å². The van der Waals surface area contributed by atoms with Gasteiger partial charge >= 0.3 is 0 Å². The minimum atomic E-state index is -0.105. The van der Waals surface area contributed by atoms with E-state index >= 15 is 0 Å². The Morgan fingerprint density at radius 1 is 1.00 bits per heavy atom.